The predicted octanol–water partition coefficient (Wildman–Crippen LogP) is 1.30. The Morgan fingerprint density at radius 1 is 1.75 bits per heavy atom. The third kappa shape index (κ3) is 2.89. The minimum Gasteiger partial charge on any atom is -0.387 e. The van der Waals surface area contributed by atoms with Gasteiger partial charge in [-0.15, -0.1) is 11.3 Å². The second kappa shape index (κ2) is 3.51. The molecule has 3 N–H and O–H groups in total. The molecular weight excluding hydrogens is 172 g/mol. The average Bonchev–Trinajstić information content (AvgIpc) is 2.32. The van der Waals surface area contributed by atoms with Gasteiger partial charge in [0.1, 0.15) is 0 Å². The highest BCUT2D eigenvalue weighted by Gasteiger charge is 2.19. The smallest absolute Gasteiger partial charge is 0.0985 e. The van der Waals surface area contributed by atoms with E-state index in [4.69, 9.17) is 5.73 Å². The molecule has 3 nitrogen and oxygen atoms in total. The van der Waals surface area contributed by atoms with Crippen molar-refractivity contribution in [3.8, 4) is 0 Å². The van der Waals surface area contributed by atoms with Crippen LogP contribution in [-0.4, -0.2) is 15.6 Å². The molecular formula is C8H14N2OS. The van der Waals surface area contributed by atoms with Gasteiger partial charge in [0.2, 0.25) is 0 Å². The van der Waals surface area contributed by atoms with E-state index in [0.29, 0.717) is 6.42 Å². The summed E-state index contributed by atoms with van der Waals surface area (Å²) >= 11 is 1.48. The van der Waals surface area contributed by atoms with Crippen molar-refractivity contribution in [1.82, 2.24) is 4.98 Å². The van der Waals surface area contributed by atoms with E-state index in [-0.39, 0.29) is 5.54 Å². The van der Waals surface area contributed by atoms with Crippen LogP contribution >= 0.6 is 11.3 Å². The van der Waals surface area contributed by atoms with Crippen LogP contribution in [0.25, 0.3) is 0 Å². The zero-order valence-corrected chi connectivity index (χ0v) is 8.14. The summed E-state index contributed by atoms with van der Waals surface area (Å²) in [5, 5.41) is 11.5. The topological polar surface area (TPSA) is 59.1 Å². The molecule has 0 saturated carbocycles. The number of aliphatic hydroxyl groups is 1. The Hall–Kier alpha value is -0.450. The standard InChI is InChI=1S/C8H14N2OS/c1-8(2,9)3-7(11)6-4-12-5-10-6/h4-5,7,11H,3,9H2,1-2H3. The molecule has 0 aliphatic carbocycles. The van der Waals surface area contributed by atoms with Crippen LogP contribution in [0.5, 0.6) is 0 Å². The minimum absolute atomic E-state index is 0.344. The number of aromatic nitrogens is 1. The Balaban J connectivity index is 2.56. The molecule has 0 radical (unpaired) electrons. The van der Waals surface area contributed by atoms with Crippen LogP contribution in [0.15, 0.2) is 10.9 Å². The van der Waals surface area contributed by atoms with Gasteiger partial charge in [-0.1, -0.05) is 0 Å². The van der Waals surface area contributed by atoms with Crippen LogP contribution in [0.2, 0.25) is 0 Å². The second-order valence-corrected chi connectivity index (χ2v) is 4.34. The molecule has 1 rings (SSSR count). The highest BCUT2D eigenvalue weighted by Crippen LogP contribution is 2.21. The Labute approximate surface area is 76.3 Å². The van der Waals surface area contributed by atoms with Gasteiger partial charge in [0.15, 0.2) is 0 Å². The third-order valence-corrected chi connectivity index (χ3v) is 2.12. The lowest BCUT2D eigenvalue weighted by Crippen LogP contribution is -2.33. The zero-order valence-electron chi connectivity index (χ0n) is 7.32. The first kappa shape index (κ1) is 9.64. The molecule has 1 aromatic heterocycles. The van der Waals surface area contributed by atoms with Crippen molar-refractivity contribution >= 4 is 11.3 Å². The molecule has 1 aromatic rings. The number of nitrogens with zero attached hydrogens (tertiary/aromatic N) is 1. The number of aliphatic hydroxyl groups excluding tert-OH is 1. The summed E-state index contributed by atoms with van der Waals surface area (Å²) in [4.78, 5) is 4.01. The number of nitrogens with two attached hydrogens (primary N) is 1. The van der Waals surface area contributed by atoms with Crippen LogP contribution in [0.4, 0.5) is 0 Å². The highest BCUT2D eigenvalue weighted by molar-refractivity contribution is 7.07. The van der Waals surface area contributed by atoms with E-state index in [2.05, 4.69) is 4.98 Å². The number of rotatable bonds is 3. The lowest BCUT2D eigenvalue weighted by Gasteiger charge is -2.21. The summed E-state index contributed by atoms with van der Waals surface area (Å²) in [6.45, 7) is 3.78. The lowest BCUT2D eigenvalue weighted by molar-refractivity contribution is 0.138. The van der Waals surface area contributed by atoms with Gasteiger partial charge in [-0.05, 0) is 20.3 Å². The largest absolute Gasteiger partial charge is 0.387 e. The van der Waals surface area contributed by atoms with Crippen molar-refractivity contribution in [2.75, 3.05) is 0 Å². The molecule has 0 saturated heterocycles. The second-order valence-electron chi connectivity index (χ2n) is 3.62. The summed E-state index contributed by atoms with van der Waals surface area (Å²) in [5.41, 5.74) is 7.85. The van der Waals surface area contributed by atoms with Gasteiger partial charge in [0, 0.05) is 10.9 Å². The Morgan fingerprint density at radius 3 is 2.83 bits per heavy atom. The molecule has 0 aliphatic rings. The molecule has 0 spiro atoms. The number of hydrogen-bond donors (Lipinski definition) is 2. The quantitative estimate of drug-likeness (QED) is 0.748. The van der Waals surface area contributed by atoms with E-state index in [9.17, 15) is 5.11 Å². The Bertz CT molecular complexity index is 228. The molecule has 0 fully saturated rings. The van der Waals surface area contributed by atoms with E-state index < -0.39 is 6.10 Å². The minimum atomic E-state index is -0.531. The number of hydrogen-bond acceptors (Lipinski definition) is 4. The van der Waals surface area contributed by atoms with Crippen LogP contribution in [0, 0.1) is 0 Å². The fourth-order valence-corrected chi connectivity index (χ4v) is 1.59. The molecule has 1 atom stereocenters. The molecule has 0 amide bonds. The van der Waals surface area contributed by atoms with Crippen LogP contribution < -0.4 is 5.73 Å². The third-order valence-electron chi connectivity index (χ3n) is 1.51. The van der Waals surface area contributed by atoms with Gasteiger partial charge in [-0.25, -0.2) is 4.98 Å². The first-order valence-corrected chi connectivity index (χ1v) is 4.78. The monoisotopic (exact) mass is 186 g/mol. The first-order valence-electron chi connectivity index (χ1n) is 3.84. The SMILES string of the molecule is CC(C)(N)CC(O)c1cscn1. The van der Waals surface area contributed by atoms with Gasteiger partial charge in [0.05, 0.1) is 17.3 Å². The summed E-state index contributed by atoms with van der Waals surface area (Å²) in [6, 6.07) is 0. The van der Waals surface area contributed by atoms with E-state index in [1.807, 2.05) is 19.2 Å². The summed E-state index contributed by atoms with van der Waals surface area (Å²) in [6.07, 6.45) is 0.00718. The fraction of sp³-hybridized carbons (Fsp3) is 0.625. The van der Waals surface area contributed by atoms with Gasteiger partial charge < -0.3 is 10.8 Å². The highest BCUT2D eigenvalue weighted by atomic mass is 32.1. The summed E-state index contributed by atoms with van der Waals surface area (Å²) in [5.74, 6) is 0. The Kier molecular flexibility index (Phi) is 2.82. The lowest BCUT2D eigenvalue weighted by atomic mass is 9.97. The molecule has 1 heterocycles. The van der Waals surface area contributed by atoms with E-state index in [0.717, 1.165) is 5.69 Å². The number of thiazole rings is 1. The van der Waals surface area contributed by atoms with Crippen LogP contribution in [-0.2, 0) is 0 Å². The summed E-state index contributed by atoms with van der Waals surface area (Å²) in [7, 11) is 0. The van der Waals surface area contributed by atoms with E-state index in [1.165, 1.54) is 11.3 Å². The molecule has 0 aromatic carbocycles. The van der Waals surface area contributed by atoms with Gasteiger partial charge >= 0.3 is 0 Å². The van der Waals surface area contributed by atoms with Crippen molar-refractivity contribution in [2.24, 2.45) is 5.73 Å². The molecule has 68 valence electrons. The Morgan fingerprint density at radius 2 is 2.42 bits per heavy atom. The first-order chi connectivity index (χ1) is 5.49. The van der Waals surface area contributed by atoms with Crippen LogP contribution in [0.1, 0.15) is 32.1 Å². The zero-order chi connectivity index (χ0) is 9.19. The molecule has 1 unspecified atom stereocenters. The van der Waals surface area contributed by atoms with Crippen molar-refractivity contribution in [1.29, 1.82) is 0 Å². The average molecular weight is 186 g/mol. The molecule has 0 bridgehead atoms. The summed E-state index contributed by atoms with van der Waals surface area (Å²) < 4.78 is 0. The maximum Gasteiger partial charge on any atom is 0.0985 e. The maximum absolute atomic E-state index is 9.61. The van der Waals surface area contributed by atoms with Crippen molar-refractivity contribution in [2.45, 2.75) is 31.9 Å². The van der Waals surface area contributed by atoms with Crippen molar-refractivity contribution < 1.29 is 5.11 Å². The van der Waals surface area contributed by atoms with Crippen molar-refractivity contribution in [3.05, 3.63) is 16.6 Å². The van der Waals surface area contributed by atoms with Gasteiger partial charge in [-0.3, -0.25) is 0 Å². The van der Waals surface area contributed by atoms with E-state index >= 15 is 0 Å². The normalized spacial score (nSPS) is 14.7. The molecule has 12 heavy (non-hydrogen) atoms. The van der Waals surface area contributed by atoms with Gasteiger partial charge in [0.25, 0.3) is 0 Å². The van der Waals surface area contributed by atoms with Crippen LogP contribution in [0.3, 0.4) is 0 Å². The molecule has 4 heteroatoms. The van der Waals surface area contributed by atoms with E-state index in [1.54, 1.807) is 5.51 Å². The maximum atomic E-state index is 9.61. The molecule has 0 aliphatic heterocycles. The van der Waals surface area contributed by atoms with Gasteiger partial charge in [-0.2, -0.15) is 0 Å². The predicted molar refractivity (Wildman–Crippen MR) is 50.0 cm³/mol. The fourth-order valence-electron chi connectivity index (χ4n) is 0.989. The van der Waals surface area contributed by atoms with Crippen molar-refractivity contribution in [3.63, 3.8) is 0 Å².